The van der Waals surface area contributed by atoms with E-state index in [1.807, 2.05) is 0 Å². The van der Waals surface area contributed by atoms with E-state index in [4.69, 9.17) is 5.26 Å². The van der Waals surface area contributed by atoms with Gasteiger partial charge in [-0.1, -0.05) is 6.07 Å². The topological polar surface area (TPSA) is 73.7 Å². The van der Waals surface area contributed by atoms with E-state index < -0.39 is 0 Å². The molecule has 60 valence electrons. The normalized spacial score (nSPS) is 8.92. The molecule has 0 spiro atoms. The summed E-state index contributed by atoms with van der Waals surface area (Å²) in [6.45, 7) is 0. The first-order valence-corrected chi connectivity index (χ1v) is 3.33. The highest BCUT2D eigenvalue weighted by Gasteiger charge is 2.03. The lowest BCUT2D eigenvalue weighted by atomic mass is 10.2. The highest BCUT2D eigenvalue weighted by molar-refractivity contribution is 5.95. The quantitative estimate of drug-likeness (QED) is 0.642. The first-order chi connectivity index (χ1) is 5.74. The van der Waals surface area contributed by atoms with Crippen molar-refractivity contribution in [2.75, 3.05) is 0 Å². The van der Waals surface area contributed by atoms with Crippen molar-refractivity contribution in [2.45, 2.75) is 6.42 Å². The van der Waals surface area contributed by atoms with Crippen molar-refractivity contribution < 1.29 is 4.79 Å². The van der Waals surface area contributed by atoms with E-state index in [2.05, 4.69) is 4.98 Å². The summed E-state index contributed by atoms with van der Waals surface area (Å²) in [5, 5.41) is 8.20. The molecule has 0 fully saturated rings. The predicted molar refractivity (Wildman–Crippen MR) is 41.6 cm³/mol. The van der Waals surface area contributed by atoms with Gasteiger partial charge in [0.05, 0.1) is 11.8 Å². The third kappa shape index (κ3) is 1.80. The monoisotopic (exact) mass is 162 g/mol. The number of aromatic nitrogens is 1. The highest BCUT2D eigenvalue weighted by Crippen LogP contribution is 1.94. The molecule has 0 unspecified atom stereocenters. The molecule has 12 heavy (non-hydrogen) atoms. The van der Waals surface area contributed by atoms with Crippen molar-refractivity contribution in [3.8, 4) is 6.07 Å². The summed E-state index contributed by atoms with van der Waals surface area (Å²) in [6.07, 6.45) is -0.208. The lowest BCUT2D eigenvalue weighted by Crippen LogP contribution is -2.10. The average molecular weight is 162 g/mol. The number of aromatic amines is 1. The Labute approximate surface area is 68.5 Å². The lowest BCUT2D eigenvalue weighted by molar-refractivity contribution is 0.0993. The zero-order chi connectivity index (χ0) is 8.97. The summed E-state index contributed by atoms with van der Waals surface area (Å²) >= 11 is 0. The fraction of sp³-hybridized carbons (Fsp3) is 0.125. The molecule has 0 aliphatic heterocycles. The Hall–Kier alpha value is -1.89. The van der Waals surface area contributed by atoms with Gasteiger partial charge in [0.1, 0.15) is 6.42 Å². The molecule has 1 aromatic heterocycles. The molecular weight excluding hydrogens is 156 g/mol. The van der Waals surface area contributed by atoms with Gasteiger partial charge in [-0.25, -0.2) is 0 Å². The number of hydrogen-bond donors (Lipinski definition) is 1. The maximum Gasteiger partial charge on any atom is 0.248 e. The summed E-state index contributed by atoms with van der Waals surface area (Å²) in [7, 11) is 0. The fourth-order valence-electron chi connectivity index (χ4n) is 0.777. The lowest BCUT2D eigenvalue weighted by Gasteiger charge is -1.93. The molecule has 0 aliphatic carbocycles. The van der Waals surface area contributed by atoms with Crippen LogP contribution >= 0.6 is 0 Å². The number of nitrogens with one attached hydrogen (secondary N) is 1. The smallest absolute Gasteiger partial charge is 0.248 e. The van der Waals surface area contributed by atoms with Crippen LogP contribution in [-0.4, -0.2) is 10.8 Å². The van der Waals surface area contributed by atoms with Crippen molar-refractivity contribution in [2.24, 2.45) is 0 Å². The number of carbonyl (C=O) groups is 1. The predicted octanol–water partition coefficient (Wildman–Crippen LogP) is 0.471. The Kier molecular flexibility index (Phi) is 2.38. The second kappa shape index (κ2) is 3.49. The van der Waals surface area contributed by atoms with E-state index in [9.17, 15) is 9.59 Å². The van der Waals surface area contributed by atoms with Crippen LogP contribution in [0.15, 0.2) is 23.0 Å². The number of ketones is 1. The Morgan fingerprint density at radius 2 is 2.33 bits per heavy atom. The third-order valence-corrected chi connectivity index (χ3v) is 1.31. The molecule has 0 atom stereocenters. The molecule has 0 amide bonds. The van der Waals surface area contributed by atoms with Crippen LogP contribution in [0.1, 0.15) is 16.9 Å². The van der Waals surface area contributed by atoms with Gasteiger partial charge < -0.3 is 4.98 Å². The first-order valence-electron chi connectivity index (χ1n) is 3.33. The molecule has 4 nitrogen and oxygen atoms in total. The van der Waals surface area contributed by atoms with E-state index in [0.29, 0.717) is 0 Å². The van der Waals surface area contributed by atoms with Crippen LogP contribution in [-0.2, 0) is 0 Å². The van der Waals surface area contributed by atoms with Crippen LogP contribution in [0, 0.1) is 11.3 Å². The van der Waals surface area contributed by atoms with Gasteiger partial charge in [0, 0.05) is 6.07 Å². The maximum absolute atomic E-state index is 11.0. The zero-order valence-corrected chi connectivity index (χ0v) is 6.20. The highest BCUT2D eigenvalue weighted by atomic mass is 16.1. The Bertz CT molecular complexity index is 387. The van der Waals surface area contributed by atoms with Gasteiger partial charge in [-0.15, -0.1) is 0 Å². The summed E-state index contributed by atoms with van der Waals surface area (Å²) in [4.78, 5) is 24.0. The van der Waals surface area contributed by atoms with Crippen LogP contribution in [0.3, 0.4) is 0 Å². The molecule has 1 aromatic rings. The molecule has 0 radical (unpaired) electrons. The summed E-state index contributed by atoms with van der Waals surface area (Å²) in [6, 6.07) is 5.97. The Morgan fingerprint density at radius 1 is 1.58 bits per heavy atom. The molecule has 1 rings (SSSR count). The molecule has 4 heteroatoms. The molecule has 0 aliphatic rings. The van der Waals surface area contributed by atoms with Crippen LogP contribution in [0.25, 0.3) is 0 Å². The van der Waals surface area contributed by atoms with Gasteiger partial charge in [-0.2, -0.15) is 5.26 Å². The minimum atomic E-state index is -0.366. The Balaban J connectivity index is 2.98. The number of hydrogen-bond acceptors (Lipinski definition) is 3. The van der Waals surface area contributed by atoms with Crippen molar-refractivity contribution in [3.05, 3.63) is 34.2 Å². The van der Waals surface area contributed by atoms with Crippen LogP contribution in [0.4, 0.5) is 0 Å². The van der Waals surface area contributed by atoms with E-state index in [0.717, 1.165) is 0 Å². The summed E-state index contributed by atoms with van der Waals surface area (Å²) in [5.41, 5.74) is -0.150. The van der Waals surface area contributed by atoms with Gasteiger partial charge in [-0.3, -0.25) is 9.59 Å². The zero-order valence-electron chi connectivity index (χ0n) is 6.20. The standard InChI is InChI=1S/C8H6N2O2/c9-5-4-7(11)6-2-1-3-8(12)10-6/h1-3H,4H2,(H,10,12). The number of Topliss-reactive ketones (excluding diaryl/α,β-unsaturated/α-hetero) is 1. The minimum Gasteiger partial charge on any atom is -0.319 e. The Morgan fingerprint density at radius 3 is 2.92 bits per heavy atom. The van der Waals surface area contributed by atoms with Crippen LogP contribution < -0.4 is 5.56 Å². The van der Waals surface area contributed by atoms with Crippen molar-refractivity contribution >= 4 is 5.78 Å². The minimum absolute atomic E-state index is 0.184. The van der Waals surface area contributed by atoms with Crippen LogP contribution in [0.5, 0.6) is 0 Å². The maximum atomic E-state index is 11.0. The molecule has 1 N–H and O–H groups in total. The molecule has 1 heterocycles. The summed E-state index contributed by atoms with van der Waals surface area (Å²) in [5.74, 6) is -0.366. The number of nitrogens with zero attached hydrogens (tertiary/aromatic N) is 1. The number of H-pyrrole nitrogens is 1. The number of nitriles is 1. The second-order valence-corrected chi connectivity index (χ2v) is 2.19. The van der Waals surface area contributed by atoms with Gasteiger partial charge in [0.15, 0.2) is 5.78 Å². The van der Waals surface area contributed by atoms with E-state index in [1.54, 1.807) is 6.07 Å². The first kappa shape index (κ1) is 8.21. The van der Waals surface area contributed by atoms with E-state index in [1.165, 1.54) is 18.2 Å². The van der Waals surface area contributed by atoms with Gasteiger partial charge in [0.25, 0.3) is 0 Å². The number of pyridine rings is 1. The largest absolute Gasteiger partial charge is 0.319 e. The number of rotatable bonds is 2. The molecule has 0 saturated carbocycles. The third-order valence-electron chi connectivity index (χ3n) is 1.31. The fourth-order valence-corrected chi connectivity index (χ4v) is 0.777. The van der Waals surface area contributed by atoms with E-state index in [-0.39, 0.29) is 23.5 Å². The molecular formula is C8H6N2O2. The van der Waals surface area contributed by atoms with Crippen molar-refractivity contribution in [1.29, 1.82) is 5.26 Å². The van der Waals surface area contributed by atoms with Crippen LogP contribution in [0.2, 0.25) is 0 Å². The average Bonchev–Trinajstić information content (AvgIpc) is 2.05. The SMILES string of the molecule is N#CCC(=O)c1cccc(=O)[nH]1. The number of carbonyl (C=O) groups excluding carboxylic acids is 1. The second-order valence-electron chi connectivity index (χ2n) is 2.19. The van der Waals surface area contributed by atoms with Gasteiger partial charge in [-0.05, 0) is 6.07 Å². The molecule has 0 saturated heterocycles. The van der Waals surface area contributed by atoms with E-state index >= 15 is 0 Å². The van der Waals surface area contributed by atoms with Gasteiger partial charge in [0.2, 0.25) is 5.56 Å². The molecule has 0 bridgehead atoms. The van der Waals surface area contributed by atoms with Crippen molar-refractivity contribution in [3.63, 3.8) is 0 Å². The molecule has 0 aromatic carbocycles. The summed E-state index contributed by atoms with van der Waals surface area (Å²) < 4.78 is 0. The van der Waals surface area contributed by atoms with Crippen molar-refractivity contribution in [1.82, 2.24) is 4.98 Å². The van der Waals surface area contributed by atoms with Gasteiger partial charge >= 0.3 is 0 Å².